The molecule has 1 atom stereocenters. The predicted molar refractivity (Wildman–Crippen MR) is 125 cm³/mol. The molecule has 0 bridgehead atoms. The van der Waals surface area contributed by atoms with Gasteiger partial charge in [0.15, 0.2) is 5.52 Å². The van der Waals surface area contributed by atoms with E-state index in [0.717, 1.165) is 40.8 Å². The van der Waals surface area contributed by atoms with Crippen molar-refractivity contribution in [3.8, 4) is 5.75 Å². The number of hydrogen-bond acceptors (Lipinski definition) is 2. The SMILES string of the molecule is Cc1cc(OCCC(C)C)cc(C)c1PC(=O)c1ccc(C(C)(C)C)cc1.[LiH]. The van der Waals surface area contributed by atoms with Crippen LogP contribution in [-0.2, 0) is 5.41 Å². The Kier molecular flexibility index (Phi) is 9.49. The maximum atomic E-state index is 12.8. The molecule has 0 N–H and O–H groups in total. The van der Waals surface area contributed by atoms with Gasteiger partial charge in [-0.15, -0.1) is 0 Å². The number of aryl methyl sites for hydroxylation is 2. The van der Waals surface area contributed by atoms with E-state index in [1.54, 1.807) is 0 Å². The number of carbonyl (C=O) groups excluding carboxylic acids is 1. The Morgan fingerprint density at radius 3 is 2.04 bits per heavy atom. The molecule has 0 saturated heterocycles. The molecule has 0 fully saturated rings. The first-order chi connectivity index (χ1) is 12.6. The van der Waals surface area contributed by atoms with E-state index in [2.05, 4.69) is 72.7 Å². The molecular weight excluding hydrogens is 358 g/mol. The quantitative estimate of drug-likeness (QED) is 0.458. The van der Waals surface area contributed by atoms with Crippen molar-refractivity contribution in [2.75, 3.05) is 6.61 Å². The molecule has 0 saturated carbocycles. The van der Waals surface area contributed by atoms with Gasteiger partial charge in [0.05, 0.1) is 6.61 Å². The van der Waals surface area contributed by atoms with E-state index in [-0.39, 0.29) is 38.4 Å². The minimum absolute atomic E-state index is 0. The molecule has 1 unspecified atom stereocenters. The van der Waals surface area contributed by atoms with Crippen molar-refractivity contribution in [2.24, 2.45) is 5.92 Å². The van der Waals surface area contributed by atoms with Gasteiger partial charge in [0.2, 0.25) is 0 Å². The first kappa shape index (κ1) is 25.0. The van der Waals surface area contributed by atoms with Crippen LogP contribution in [0.25, 0.3) is 0 Å². The van der Waals surface area contributed by atoms with Crippen LogP contribution >= 0.6 is 8.58 Å². The number of rotatable bonds is 7. The molecule has 0 aliphatic carbocycles. The third-order valence-corrected chi connectivity index (χ3v) is 6.28. The summed E-state index contributed by atoms with van der Waals surface area (Å²) in [6.07, 6.45) is 1.05. The van der Waals surface area contributed by atoms with Crippen LogP contribution < -0.4 is 10.0 Å². The van der Waals surface area contributed by atoms with Gasteiger partial charge in [-0.1, -0.05) is 58.9 Å². The van der Waals surface area contributed by atoms with Crippen molar-refractivity contribution < 1.29 is 9.53 Å². The number of carbonyl (C=O) groups is 1. The van der Waals surface area contributed by atoms with E-state index in [1.165, 1.54) is 5.56 Å². The van der Waals surface area contributed by atoms with Crippen LogP contribution in [0, 0.1) is 19.8 Å². The monoisotopic (exact) mass is 392 g/mol. The van der Waals surface area contributed by atoms with Gasteiger partial charge in [0.1, 0.15) is 5.75 Å². The van der Waals surface area contributed by atoms with Crippen LogP contribution in [0.3, 0.4) is 0 Å². The van der Waals surface area contributed by atoms with Crippen LogP contribution in [0.15, 0.2) is 36.4 Å². The zero-order chi connectivity index (χ0) is 20.2. The second-order valence-corrected chi connectivity index (χ2v) is 9.95. The van der Waals surface area contributed by atoms with Gasteiger partial charge in [0, 0.05) is 5.56 Å². The molecule has 0 radical (unpaired) electrons. The van der Waals surface area contributed by atoms with Crippen molar-refractivity contribution in [3.63, 3.8) is 0 Å². The summed E-state index contributed by atoms with van der Waals surface area (Å²) < 4.78 is 5.89. The third kappa shape index (κ3) is 7.08. The molecule has 2 rings (SSSR count). The standard InChI is InChI=1S/C24H33O2P.Li.H/c1-16(2)12-13-26-21-14-17(3)22(18(4)15-21)27-23(25)19-8-10-20(11-9-19)24(5,6)7;;/h8-11,14-16,27H,12-13H2,1-7H3;;. The van der Waals surface area contributed by atoms with Gasteiger partial charge in [-0.2, -0.15) is 0 Å². The molecular formula is C24H34LiO2P. The first-order valence-electron chi connectivity index (χ1n) is 9.74. The Balaban J connectivity index is 0.00000392. The van der Waals surface area contributed by atoms with Crippen LogP contribution in [0.1, 0.15) is 68.1 Å². The summed E-state index contributed by atoms with van der Waals surface area (Å²) in [6.45, 7) is 15.8. The number of benzene rings is 2. The van der Waals surface area contributed by atoms with Gasteiger partial charge in [-0.05, 0) is 74.3 Å². The Morgan fingerprint density at radius 2 is 1.57 bits per heavy atom. The second-order valence-electron chi connectivity index (χ2n) is 8.74. The van der Waals surface area contributed by atoms with Crippen molar-refractivity contribution >= 4 is 38.3 Å². The molecule has 4 heteroatoms. The summed E-state index contributed by atoms with van der Waals surface area (Å²) in [5, 5.41) is 1.14. The molecule has 2 aromatic carbocycles. The molecule has 0 aromatic heterocycles. The summed E-state index contributed by atoms with van der Waals surface area (Å²) in [6, 6.07) is 12.2. The number of ether oxygens (including phenoxy) is 1. The second kappa shape index (κ2) is 10.6. The maximum absolute atomic E-state index is 12.8. The van der Waals surface area contributed by atoms with Gasteiger partial charge in [0.25, 0.3) is 0 Å². The van der Waals surface area contributed by atoms with Gasteiger partial charge < -0.3 is 4.74 Å². The van der Waals surface area contributed by atoms with Crippen LogP contribution in [0.4, 0.5) is 0 Å². The van der Waals surface area contributed by atoms with Gasteiger partial charge >= 0.3 is 18.9 Å². The van der Waals surface area contributed by atoms with E-state index >= 15 is 0 Å². The van der Waals surface area contributed by atoms with Crippen molar-refractivity contribution in [1.29, 1.82) is 0 Å². The zero-order valence-corrected chi connectivity index (χ0v) is 18.8. The van der Waals surface area contributed by atoms with Crippen LogP contribution in [0.2, 0.25) is 0 Å². The summed E-state index contributed by atoms with van der Waals surface area (Å²) in [7, 11) is 0.137. The summed E-state index contributed by atoms with van der Waals surface area (Å²) in [5.41, 5.74) is 4.59. The van der Waals surface area contributed by atoms with E-state index in [4.69, 9.17) is 4.74 Å². The molecule has 0 amide bonds. The summed E-state index contributed by atoms with van der Waals surface area (Å²) in [5.74, 6) is 1.54. The van der Waals surface area contributed by atoms with Gasteiger partial charge in [-0.25, -0.2) is 0 Å². The zero-order valence-electron chi connectivity index (χ0n) is 17.8. The summed E-state index contributed by atoms with van der Waals surface area (Å²) in [4.78, 5) is 12.8. The van der Waals surface area contributed by atoms with Crippen molar-refractivity contribution in [1.82, 2.24) is 0 Å². The molecule has 0 aliphatic heterocycles. The normalized spacial score (nSPS) is 11.7. The third-order valence-electron chi connectivity index (χ3n) is 4.72. The molecule has 0 aliphatic rings. The van der Waals surface area contributed by atoms with Crippen LogP contribution in [-0.4, -0.2) is 31.0 Å². The fraction of sp³-hybridized carbons (Fsp3) is 0.458. The van der Waals surface area contributed by atoms with Crippen LogP contribution in [0.5, 0.6) is 5.75 Å². The predicted octanol–water partition coefficient (Wildman–Crippen LogP) is 5.52. The molecule has 0 heterocycles. The minimum atomic E-state index is 0. The average molecular weight is 392 g/mol. The molecule has 2 nitrogen and oxygen atoms in total. The van der Waals surface area contributed by atoms with Crippen molar-refractivity contribution in [2.45, 2.75) is 60.3 Å². The Hall–Kier alpha value is -1.06. The van der Waals surface area contributed by atoms with Crippen molar-refractivity contribution in [3.05, 3.63) is 58.7 Å². The van der Waals surface area contributed by atoms with E-state index in [9.17, 15) is 4.79 Å². The fourth-order valence-corrected chi connectivity index (χ4v) is 4.00. The molecule has 28 heavy (non-hydrogen) atoms. The first-order valence-corrected chi connectivity index (χ1v) is 10.7. The van der Waals surface area contributed by atoms with Gasteiger partial charge in [-0.3, -0.25) is 4.79 Å². The van der Waals surface area contributed by atoms with E-state index in [1.807, 2.05) is 12.1 Å². The Morgan fingerprint density at radius 1 is 1.04 bits per heavy atom. The fourth-order valence-electron chi connectivity index (χ4n) is 2.92. The summed E-state index contributed by atoms with van der Waals surface area (Å²) >= 11 is 0. The average Bonchev–Trinajstić information content (AvgIpc) is 2.57. The Bertz CT molecular complexity index is 766. The Labute approximate surface area is 184 Å². The molecule has 0 spiro atoms. The van der Waals surface area contributed by atoms with E-state index < -0.39 is 0 Å². The van der Waals surface area contributed by atoms with E-state index in [0.29, 0.717) is 5.92 Å². The number of hydrogen-bond donors (Lipinski definition) is 0. The molecule has 2 aromatic rings. The molecule has 148 valence electrons. The topological polar surface area (TPSA) is 26.3 Å².